The molecule has 35 heavy (non-hydrogen) atoms. The van der Waals surface area contributed by atoms with E-state index in [9.17, 15) is 18.8 Å². The second-order valence-corrected chi connectivity index (χ2v) is 9.95. The highest BCUT2D eigenvalue weighted by atomic mass is 19.1. The third-order valence-corrected chi connectivity index (χ3v) is 7.84. The standard InChI is InChI=1S/C28H32FN3O3/c29-23-12-10-20(11-13-23)18-26(33)30-14-16-31(17-15-30)28(35)25-19-22-8-4-5-9-24(22)32(25)27(34)21-6-2-1-3-7-21/h1-3,6-7,10-13,22,24-25H,4-5,8-9,14-19H2. The van der Waals surface area contributed by atoms with Crippen LogP contribution in [0.1, 0.15) is 48.0 Å². The summed E-state index contributed by atoms with van der Waals surface area (Å²) in [6, 6.07) is 14.9. The molecule has 7 heteroatoms. The van der Waals surface area contributed by atoms with E-state index in [0.29, 0.717) is 37.7 Å². The van der Waals surface area contributed by atoms with Crippen LogP contribution < -0.4 is 0 Å². The summed E-state index contributed by atoms with van der Waals surface area (Å²) in [5.41, 5.74) is 1.41. The Labute approximate surface area is 205 Å². The van der Waals surface area contributed by atoms with E-state index in [0.717, 1.165) is 37.7 Å². The zero-order chi connectivity index (χ0) is 24.4. The zero-order valence-electron chi connectivity index (χ0n) is 19.9. The molecule has 2 saturated heterocycles. The number of fused-ring (bicyclic) bond motifs is 1. The van der Waals surface area contributed by atoms with Crippen LogP contribution in [0.15, 0.2) is 54.6 Å². The van der Waals surface area contributed by atoms with Gasteiger partial charge in [0.05, 0.1) is 6.42 Å². The largest absolute Gasteiger partial charge is 0.339 e. The zero-order valence-corrected chi connectivity index (χ0v) is 19.9. The van der Waals surface area contributed by atoms with E-state index in [1.54, 1.807) is 17.0 Å². The van der Waals surface area contributed by atoms with Crippen molar-refractivity contribution in [3.8, 4) is 0 Å². The molecule has 184 valence electrons. The Balaban J connectivity index is 1.24. The summed E-state index contributed by atoms with van der Waals surface area (Å²) in [5.74, 6) is 0.000982. The molecule has 0 radical (unpaired) electrons. The molecule has 6 nitrogen and oxygen atoms in total. The van der Waals surface area contributed by atoms with Crippen LogP contribution in [0.3, 0.4) is 0 Å². The predicted molar refractivity (Wildman–Crippen MR) is 130 cm³/mol. The van der Waals surface area contributed by atoms with Gasteiger partial charge in [0, 0.05) is 37.8 Å². The van der Waals surface area contributed by atoms with Crippen LogP contribution >= 0.6 is 0 Å². The third kappa shape index (κ3) is 4.95. The first-order valence-corrected chi connectivity index (χ1v) is 12.7. The van der Waals surface area contributed by atoms with E-state index in [1.807, 2.05) is 40.1 Å². The van der Waals surface area contributed by atoms with Gasteiger partial charge in [-0.2, -0.15) is 0 Å². The fourth-order valence-corrected chi connectivity index (χ4v) is 5.98. The van der Waals surface area contributed by atoms with Crippen molar-refractivity contribution in [2.45, 2.75) is 50.6 Å². The van der Waals surface area contributed by atoms with Gasteiger partial charge < -0.3 is 14.7 Å². The highest BCUT2D eigenvalue weighted by Gasteiger charge is 2.48. The minimum Gasteiger partial charge on any atom is -0.339 e. The summed E-state index contributed by atoms with van der Waals surface area (Å²) < 4.78 is 13.1. The van der Waals surface area contributed by atoms with Gasteiger partial charge in [-0.25, -0.2) is 4.39 Å². The molecule has 2 heterocycles. The molecule has 2 aliphatic heterocycles. The van der Waals surface area contributed by atoms with Crippen molar-refractivity contribution in [2.24, 2.45) is 5.92 Å². The topological polar surface area (TPSA) is 60.9 Å². The molecule has 3 amide bonds. The van der Waals surface area contributed by atoms with E-state index in [4.69, 9.17) is 0 Å². The van der Waals surface area contributed by atoms with Crippen LogP contribution in [0.25, 0.3) is 0 Å². The highest BCUT2D eigenvalue weighted by Crippen LogP contribution is 2.41. The molecule has 0 N–H and O–H groups in total. The van der Waals surface area contributed by atoms with E-state index in [-0.39, 0.29) is 36.0 Å². The lowest BCUT2D eigenvalue weighted by Gasteiger charge is -2.38. The molecule has 5 rings (SSSR count). The monoisotopic (exact) mass is 477 g/mol. The first-order valence-electron chi connectivity index (χ1n) is 12.7. The quantitative estimate of drug-likeness (QED) is 0.677. The van der Waals surface area contributed by atoms with Gasteiger partial charge in [0.25, 0.3) is 5.91 Å². The molecule has 3 atom stereocenters. The Morgan fingerprint density at radius 2 is 1.49 bits per heavy atom. The molecule has 2 aromatic rings. The molecule has 0 spiro atoms. The maximum Gasteiger partial charge on any atom is 0.254 e. The predicted octanol–water partition coefficient (Wildman–Crippen LogP) is 3.51. The van der Waals surface area contributed by atoms with Crippen LogP contribution in [0.5, 0.6) is 0 Å². The summed E-state index contributed by atoms with van der Waals surface area (Å²) >= 11 is 0. The van der Waals surface area contributed by atoms with Gasteiger partial charge in [-0.1, -0.05) is 43.2 Å². The number of nitrogens with zero attached hydrogens (tertiary/aromatic N) is 3. The summed E-state index contributed by atoms with van der Waals surface area (Å²) in [5, 5.41) is 0. The number of hydrogen-bond acceptors (Lipinski definition) is 3. The minimum absolute atomic E-state index is 0.00862. The SMILES string of the molecule is O=C(Cc1ccc(F)cc1)N1CCN(C(=O)C2CC3CCCCC3N2C(=O)c2ccccc2)CC1. The summed E-state index contributed by atoms with van der Waals surface area (Å²) in [6.07, 6.45) is 5.22. The number of hydrogen-bond donors (Lipinski definition) is 0. The number of carbonyl (C=O) groups is 3. The molecular formula is C28H32FN3O3. The second kappa shape index (κ2) is 10.2. The van der Waals surface area contributed by atoms with Crippen molar-refractivity contribution in [3.63, 3.8) is 0 Å². The van der Waals surface area contributed by atoms with Crippen molar-refractivity contribution in [3.05, 3.63) is 71.5 Å². The smallest absolute Gasteiger partial charge is 0.254 e. The van der Waals surface area contributed by atoms with Crippen LogP contribution in [0.4, 0.5) is 4.39 Å². The Morgan fingerprint density at radius 3 is 2.20 bits per heavy atom. The highest BCUT2D eigenvalue weighted by molar-refractivity contribution is 5.98. The Bertz CT molecular complexity index is 1070. The van der Waals surface area contributed by atoms with Gasteiger partial charge in [0.2, 0.25) is 11.8 Å². The number of amides is 3. The van der Waals surface area contributed by atoms with Gasteiger partial charge in [0.1, 0.15) is 11.9 Å². The van der Waals surface area contributed by atoms with Crippen molar-refractivity contribution >= 4 is 17.7 Å². The van der Waals surface area contributed by atoms with E-state index < -0.39 is 6.04 Å². The molecule has 0 bridgehead atoms. The fraction of sp³-hybridized carbons (Fsp3) is 0.464. The number of benzene rings is 2. The second-order valence-electron chi connectivity index (χ2n) is 9.95. The van der Waals surface area contributed by atoms with Gasteiger partial charge in [-0.3, -0.25) is 14.4 Å². The maximum absolute atomic E-state index is 13.7. The third-order valence-electron chi connectivity index (χ3n) is 7.84. The lowest BCUT2D eigenvalue weighted by atomic mass is 9.84. The molecule has 0 aromatic heterocycles. The van der Waals surface area contributed by atoms with Gasteiger partial charge >= 0.3 is 0 Å². The minimum atomic E-state index is -0.433. The summed E-state index contributed by atoms with van der Waals surface area (Å²) in [4.78, 5) is 45.4. The van der Waals surface area contributed by atoms with Gasteiger partial charge in [0.15, 0.2) is 0 Å². The molecule has 3 fully saturated rings. The Morgan fingerprint density at radius 1 is 0.829 bits per heavy atom. The molecular weight excluding hydrogens is 445 g/mol. The maximum atomic E-state index is 13.7. The van der Waals surface area contributed by atoms with Gasteiger partial charge in [-0.15, -0.1) is 0 Å². The fourth-order valence-electron chi connectivity index (χ4n) is 5.98. The molecule has 1 saturated carbocycles. The number of likely N-dealkylation sites (tertiary alicyclic amines) is 1. The molecule has 3 aliphatic rings. The Hall–Kier alpha value is -3.22. The summed E-state index contributed by atoms with van der Waals surface area (Å²) in [6.45, 7) is 1.87. The molecule has 1 aliphatic carbocycles. The number of halogens is 1. The number of rotatable bonds is 4. The van der Waals surface area contributed by atoms with Crippen molar-refractivity contribution in [1.82, 2.24) is 14.7 Å². The number of piperazine rings is 1. The first kappa shape index (κ1) is 23.5. The van der Waals surface area contributed by atoms with Crippen molar-refractivity contribution in [2.75, 3.05) is 26.2 Å². The van der Waals surface area contributed by atoms with Crippen molar-refractivity contribution < 1.29 is 18.8 Å². The average Bonchev–Trinajstić information content (AvgIpc) is 3.29. The lowest BCUT2D eigenvalue weighted by molar-refractivity contribution is -0.141. The van der Waals surface area contributed by atoms with E-state index in [2.05, 4.69) is 0 Å². The van der Waals surface area contributed by atoms with Gasteiger partial charge in [-0.05, 0) is 55.0 Å². The van der Waals surface area contributed by atoms with Crippen LogP contribution in [0, 0.1) is 11.7 Å². The molecule has 2 aromatic carbocycles. The number of carbonyl (C=O) groups excluding carboxylic acids is 3. The summed E-state index contributed by atoms with van der Waals surface area (Å²) in [7, 11) is 0. The van der Waals surface area contributed by atoms with E-state index in [1.165, 1.54) is 12.1 Å². The lowest BCUT2D eigenvalue weighted by Crippen LogP contribution is -2.56. The first-order chi connectivity index (χ1) is 17.0. The molecule has 3 unspecified atom stereocenters. The van der Waals surface area contributed by atoms with E-state index >= 15 is 0 Å². The van der Waals surface area contributed by atoms with Crippen LogP contribution in [0.2, 0.25) is 0 Å². The van der Waals surface area contributed by atoms with Crippen LogP contribution in [-0.2, 0) is 16.0 Å². The average molecular weight is 478 g/mol. The Kier molecular flexibility index (Phi) is 6.84. The van der Waals surface area contributed by atoms with Crippen LogP contribution in [-0.4, -0.2) is 70.7 Å². The van der Waals surface area contributed by atoms with Crippen molar-refractivity contribution in [1.29, 1.82) is 0 Å². The normalized spacial score (nSPS) is 24.3.